The lowest BCUT2D eigenvalue weighted by molar-refractivity contribution is -0.122. The third kappa shape index (κ3) is 9.03. The van der Waals surface area contributed by atoms with Crippen molar-refractivity contribution in [3.8, 4) is 0 Å². The number of hydrogen-bond acceptors (Lipinski definition) is 4. The third-order valence-electron chi connectivity index (χ3n) is 4.02. The molecule has 1 aliphatic carbocycles. The number of nitrogens with zero attached hydrogens (tertiary/aromatic N) is 2. The van der Waals surface area contributed by atoms with Crippen molar-refractivity contribution in [3.05, 3.63) is 0 Å². The molecule has 2 aliphatic rings. The van der Waals surface area contributed by atoms with Crippen LogP contribution in [0.4, 0.5) is 0 Å². The van der Waals surface area contributed by atoms with E-state index in [1.807, 2.05) is 0 Å². The number of carbonyl (C=O) groups excluding carboxylic acids is 1. The number of guanidine groups is 1. The summed E-state index contributed by atoms with van der Waals surface area (Å²) in [4.78, 5) is 18.5. The topological polar surface area (TPSA) is 78.0 Å². The molecule has 0 radical (unpaired) electrons. The van der Waals surface area contributed by atoms with E-state index in [9.17, 15) is 4.79 Å². The van der Waals surface area contributed by atoms with Crippen molar-refractivity contribution < 1.29 is 9.53 Å². The average molecular weight is 453 g/mol. The Morgan fingerprint density at radius 1 is 1.17 bits per heavy atom. The molecule has 0 spiro atoms. The van der Waals surface area contributed by atoms with Crippen molar-refractivity contribution in [2.45, 2.75) is 26.2 Å². The Morgan fingerprint density at radius 2 is 1.88 bits per heavy atom. The number of hydrogen-bond donors (Lipinski definition) is 3. The van der Waals surface area contributed by atoms with Gasteiger partial charge in [-0.05, 0) is 26.2 Å². The molecule has 7 nitrogen and oxygen atoms in total. The molecule has 24 heavy (non-hydrogen) atoms. The molecule has 1 saturated carbocycles. The Bertz CT molecular complexity index is 385. The van der Waals surface area contributed by atoms with Gasteiger partial charge in [-0.1, -0.05) is 0 Å². The van der Waals surface area contributed by atoms with E-state index in [-0.39, 0.29) is 35.8 Å². The summed E-state index contributed by atoms with van der Waals surface area (Å²) in [5.74, 6) is 1.30. The molecular weight excluding hydrogens is 421 g/mol. The van der Waals surface area contributed by atoms with Gasteiger partial charge in [0.05, 0.1) is 13.2 Å². The fraction of sp³-hybridized carbons (Fsp3) is 0.875. The lowest BCUT2D eigenvalue weighted by Crippen LogP contribution is -2.42. The van der Waals surface area contributed by atoms with E-state index >= 15 is 0 Å². The second-order valence-electron chi connectivity index (χ2n) is 6.06. The molecule has 0 aromatic heterocycles. The summed E-state index contributed by atoms with van der Waals surface area (Å²) in [5, 5.41) is 9.45. The minimum atomic E-state index is 0. The van der Waals surface area contributed by atoms with Crippen LogP contribution in [0.25, 0.3) is 0 Å². The molecule has 1 heterocycles. The van der Waals surface area contributed by atoms with E-state index in [1.54, 1.807) is 0 Å². The number of carbonyl (C=O) groups is 1. The Hall–Kier alpha value is -0.610. The molecule has 1 amide bonds. The summed E-state index contributed by atoms with van der Waals surface area (Å²) in [6, 6.07) is 0. The summed E-state index contributed by atoms with van der Waals surface area (Å²) in [6.07, 6.45) is 3.15. The fourth-order valence-electron chi connectivity index (χ4n) is 2.51. The van der Waals surface area contributed by atoms with Gasteiger partial charge in [-0.2, -0.15) is 0 Å². The Kier molecular flexibility index (Phi) is 11.4. The molecule has 0 bridgehead atoms. The van der Waals surface area contributed by atoms with Crippen molar-refractivity contribution >= 4 is 35.8 Å². The molecule has 1 saturated heterocycles. The van der Waals surface area contributed by atoms with Gasteiger partial charge in [-0.25, -0.2) is 0 Å². The first-order valence-corrected chi connectivity index (χ1v) is 8.89. The predicted octanol–water partition coefficient (Wildman–Crippen LogP) is 0.408. The molecule has 2 fully saturated rings. The molecule has 8 heteroatoms. The van der Waals surface area contributed by atoms with Crippen LogP contribution in [-0.4, -0.2) is 75.8 Å². The normalized spacial score (nSPS) is 18.6. The van der Waals surface area contributed by atoms with Gasteiger partial charge in [0.25, 0.3) is 0 Å². The van der Waals surface area contributed by atoms with E-state index in [4.69, 9.17) is 4.74 Å². The Labute approximate surface area is 162 Å². The maximum Gasteiger partial charge on any atom is 0.223 e. The SMILES string of the molecule is CCNC(=NCCCN1CCOCC1)NCCNC(=O)C1CC1.I. The minimum absolute atomic E-state index is 0. The highest BCUT2D eigenvalue weighted by Crippen LogP contribution is 2.28. The summed E-state index contributed by atoms with van der Waals surface area (Å²) in [5.41, 5.74) is 0. The highest BCUT2D eigenvalue weighted by Gasteiger charge is 2.28. The predicted molar refractivity (Wildman–Crippen MR) is 107 cm³/mol. The lowest BCUT2D eigenvalue weighted by Gasteiger charge is -2.26. The van der Waals surface area contributed by atoms with Crippen LogP contribution in [0.1, 0.15) is 26.2 Å². The monoisotopic (exact) mass is 453 g/mol. The fourth-order valence-corrected chi connectivity index (χ4v) is 2.51. The maximum absolute atomic E-state index is 11.5. The smallest absolute Gasteiger partial charge is 0.223 e. The third-order valence-corrected chi connectivity index (χ3v) is 4.02. The first kappa shape index (κ1) is 21.4. The highest BCUT2D eigenvalue weighted by atomic mass is 127. The number of halogens is 1. The Morgan fingerprint density at radius 3 is 2.54 bits per heavy atom. The molecule has 3 N–H and O–H groups in total. The maximum atomic E-state index is 11.5. The van der Waals surface area contributed by atoms with Crippen LogP contribution in [0.15, 0.2) is 4.99 Å². The van der Waals surface area contributed by atoms with Gasteiger partial charge in [0, 0.05) is 51.7 Å². The zero-order valence-corrected chi connectivity index (χ0v) is 17.0. The minimum Gasteiger partial charge on any atom is -0.379 e. The van der Waals surface area contributed by atoms with Crippen LogP contribution in [0.2, 0.25) is 0 Å². The molecule has 0 atom stereocenters. The zero-order valence-electron chi connectivity index (χ0n) is 14.7. The van der Waals surface area contributed by atoms with Gasteiger partial charge in [-0.3, -0.25) is 14.7 Å². The van der Waals surface area contributed by atoms with Crippen molar-refractivity contribution in [1.29, 1.82) is 0 Å². The number of nitrogens with one attached hydrogen (secondary N) is 3. The quantitative estimate of drug-likeness (QED) is 0.204. The number of rotatable bonds is 9. The van der Waals surface area contributed by atoms with Crippen molar-refractivity contribution in [2.75, 3.05) is 59.0 Å². The standard InChI is InChI=1S/C16H31N5O2.HI/c1-2-17-16(20-8-7-18-15(22)14-4-5-14)19-6-3-9-21-10-12-23-13-11-21;/h14H,2-13H2,1H3,(H,18,22)(H2,17,19,20);1H. The van der Waals surface area contributed by atoms with E-state index in [0.717, 1.165) is 71.2 Å². The second-order valence-corrected chi connectivity index (χ2v) is 6.06. The van der Waals surface area contributed by atoms with Gasteiger partial charge < -0.3 is 20.7 Å². The molecule has 2 rings (SSSR count). The van der Waals surface area contributed by atoms with Gasteiger partial charge in [0.1, 0.15) is 0 Å². The van der Waals surface area contributed by atoms with Crippen LogP contribution in [0.5, 0.6) is 0 Å². The molecule has 0 unspecified atom stereocenters. The molecule has 0 aromatic rings. The zero-order chi connectivity index (χ0) is 16.3. The molecule has 140 valence electrons. The first-order valence-electron chi connectivity index (χ1n) is 8.89. The highest BCUT2D eigenvalue weighted by molar-refractivity contribution is 14.0. The number of aliphatic imine (C=N–C) groups is 1. The second kappa shape index (κ2) is 12.7. The first-order chi connectivity index (χ1) is 11.3. The molecule has 1 aliphatic heterocycles. The van der Waals surface area contributed by atoms with Gasteiger partial charge in [0.15, 0.2) is 5.96 Å². The lowest BCUT2D eigenvalue weighted by atomic mass is 10.3. The number of morpholine rings is 1. The van der Waals surface area contributed by atoms with Crippen LogP contribution in [-0.2, 0) is 9.53 Å². The molecule has 0 aromatic carbocycles. The van der Waals surface area contributed by atoms with Crippen LogP contribution < -0.4 is 16.0 Å². The summed E-state index contributed by atoms with van der Waals surface area (Å²) < 4.78 is 5.35. The number of ether oxygens (including phenoxy) is 1. The van der Waals surface area contributed by atoms with Gasteiger partial charge in [-0.15, -0.1) is 24.0 Å². The molecular formula is C16H32IN5O2. The van der Waals surface area contributed by atoms with Crippen LogP contribution in [0.3, 0.4) is 0 Å². The Balaban J connectivity index is 0.00000288. The average Bonchev–Trinajstić information content (AvgIpc) is 3.41. The van der Waals surface area contributed by atoms with E-state index < -0.39 is 0 Å². The summed E-state index contributed by atoms with van der Waals surface area (Å²) in [6.45, 7) is 9.88. The number of amides is 1. The summed E-state index contributed by atoms with van der Waals surface area (Å²) in [7, 11) is 0. The van der Waals surface area contributed by atoms with E-state index in [0.29, 0.717) is 13.1 Å². The van der Waals surface area contributed by atoms with Crippen LogP contribution >= 0.6 is 24.0 Å². The largest absolute Gasteiger partial charge is 0.379 e. The van der Waals surface area contributed by atoms with Gasteiger partial charge >= 0.3 is 0 Å². The van der Waals surface area contributed by atoms with Crippen molar-refractivity contribution in [3.63, 3.8) is 0 Å². The van der Waals surface area contributed by atoms with Crippen molar-refractivity contribution in [2.24, 2.45) is 10.9 Å². The van der Waals surface area contributed by atoms with E-state index in [2.05, 4.69) is 32.8 Å². The van der Waals surface area contributed by atoms with Crippen LogP contribution in [0, 0.1) is 5.92 Å². The van der Waals surface area contributed by atoms with Gasteiger partial charge in [0.2, 0.25) is 5.91 Å². The van der Waals surface area contributed by atoms with Crippen molar-refractivity contribution in [1.82, 2.24) is 20.9 Å². The van der Waals surface area contributed by atoms with E-state index in [1.165, 1.54) is 0 Å². The summed E-state index contributed by atoms with van der Waals surface area (Å²) >= 11 is 0.